The monoisotopic (exact) mass is 357 g/mol. The first-order valence-electron chi connectivity index (χ1n) is 8.37. The topological polar surface area (TPSA) is 79.2 Å². The SMILES string of the molecule is Cc1sc2nc([C@H]3CCCN(C(=O)c4ccco4)C3)[nH]c(=O)c2c1C. The number of nitrogens with zero attached hydrogens (tertiary/aromatic N) is 2. The Bertz CT molecular complexity index is 987. The van der Waals surface area contributed by atoms with Crippen molar-refractivity contribution in [2.24, 2.45) is 0 Å². The van der Waals surface area contributed by atoms with E-state index in [0.717, 1.165) is 28.1 Å². The summed E-state index contributed by atoms with van der Waals surface area (Å²) in [6.07, 6.45) is 3.28. The van der Waals surface area contributed by atoms with Gasteiger partial charge in [0.05, 0.1) is 11.6 Å². The number of furan rings is 1. The van der Waals surface area contributed by atoms with E-state index in [-0.39, 0.29) is 17.4 Å². The number of amides is 1. The normalized spacial score (nSPS) is 18.0. The predicted molar refractivity (Wildman–Crippen MR) is 96.3 cm³/mol. The number of hydrogen-bond acceptors (Lipinski definition) is 5. The third-order valence-electron chi connectivity index (χ3n) is 4.88. The summed E-state index contributed by atoms with van der Waals surface area (Å²) in [4.78, 5) is 36.3. The molecule has 1 aliphatic rings. The lowest BCUT2D eigenvalue weighted by Crippen LogP contribution is -2.39. The number of thiophene rings is 1. The fraction of sp³-hybridized carbons (Fsp3) is 0.389. The molecule has 4 rings (SSSR count). The Morgan fingerprint density at radius 3 is 3.04 bits per heavy atom. The molecule has 0 radical (unpaired) electrons. The van der Waals surface area contributed by atoms with E-state index >= 15 is 0 Å². The first-order valence-corrected chi connectivity index (χ1v) is 9.19. The summed E-state index contributed by atoms with van der Waals surface area (Å²) < 4.78 is 5.22. The molecule has 0 saturated carbocycles. The van der Waals surface area contributed by atoms with Crippen molar-refractivity contribution in [3.05, 3.63) is 50.8 Å². The lowest BCUT2D eigenvalue weighted by molar-refractivity contribution is 0.0672. The highest BCUT2D eigenvalue weighted by Gasteiger charge is 2.28. The number of aryl methyl sites for hydroxylation is 2. The molecule has 6 nitrogen and oxygen atoms in total. The van der Waals surface area contributed by atoms with E-state index in [4.69, 9.17) is 9.40 Å². The average molecular weight is 357 g/mol. The number of carbonyl (C=O) groups excluding carboxylic acids is 1. The summed E-state index contributed by atoms with van der Waals surface area (Å²) in [6, 6.07) is 3.39. The predicted octanol–water partition coefficient (Wildman–Crippen LogP) is 3.21. The number of rotatable bonds is 2. The lowest BCUT2D eigenvalue weighted by Gasteiger charge is -2.31. The summed E-state index contributed by atoms with van der Waals surface area (Å²) >= 11 is 1.55. The van der Waals surface area contributed by atoms with Crippen LogP contribution >= 0.6 is 11.3 Å². The summed E-state index contributed by atoms with van der Waals surface area (Å²) in [7, 11) is 0. The molecule has 3 aromatic rings. The number of likely N-dealkylation sites (tertiary alicyclic amines) is 1. The van der Waals surface area contributed by atoms with Gasteiger partial charge in [-0.05, 0) is 44.4 Å². The zero-order chi connectivity index (χ0) is 17.6. The smallest absolute Gasteiger partial charge is 0.289 e. The molecule has 25 heavy (non-hydrogen) atoms. The second-order valence-electron chi connectivity index (χ2n) is 6.48. The van der Waals surface area contributed by atoms with Gasteiger partial charge in [-0.1, -0.05) is 0 Å². The molecule has 1 N–H and O–H groups in total. The van der Waals surface area contributed by atoms with E-state index in [1.54, 1.807) is 28.4 Å². The molecule has 4 heterocycles. The van der Waals surface area contributed by atoms with E-state index < -0.39 is 0 Å². The van der Waals surface area contributed by atoms with Gasteiger partial charge < -0.3 is 14.3 Å². The summed E-state index contributed by atoms with van der Waals surface area (Å²) in [5.41, 5.74) is 0.912. The molecular formula is C18H19N3O3S. The van der Waals surface area contributed by atoms with Gasteiger partial charge in [0.25, 0.3) is 11.5 Å². The molecule has 0 unspecified atom stereocenters. The molecule has 1 atom stereocenters. The van der Waals surface area contributed by atoms with Crippen molar-refractivity contribution in [2.75, 3.05) is 13.1 Å². The quantitative estimate of drug-likeness (QED) is 0.764. The maximum atomic E-state index is 12.5. The van der Waals surface area contributed by atoms with Crippen LogP contribution in [0.5, 0.6) is 0 Å². The lowest BCUT2D eigenvalue weighted by atomic mass is 9.97. The van der Waals surface area contributed by atoms with Crippen LogP contribution in [0.4, 0.5) is 0 Å². The first kappa shape index (κ1) is 16.1. The van der Waals surface area contributed by atoms with Gasteiger partial charge in [-0.2, -0.15) is 0 Å². The fourth-order valence-corrected chi connectivity index (χ4v) is 4.44. The van der Waals surface area contributed by atoms with Crippen molar-refractivity contribution in [1.29, 1.82) is 0 Å². The van der Waals surface area contributed by atoms with Gasteiger partial charge in [0.15, 0.2) is 5.76 Å². The van der Waals surface area contributed by atoms with Crippen LogP contribution in [0.15, 0.2) is 27.6 Å². The highest BCUT2D eigenvalue weighted by molar-refractivity contribution is 7.18. The highest BCUT2D eigenvalue weighted by atomic mass is 32.1. The summed E-state index contributed by atoms with van der Waals surface area (Å²) in [6.45, 7) is 5.19. The van der Waals surface area contributed by atoms with E-state index in [1.165, 1.54) is 6.26 Å². The first-order chi connectivity index (χ1) is 12.0. The van der Waals surface area contributed by atoms with Gasteiger partial charge in [0, 0.05) is 23.9 Å². The van der Waals surface area contributed by atoms with Crippen LogP contribution in [0.25, 0.3) is 10.2 Å². The molecule has 130 valence electrons. The molecule has 0 spiro atoms. The van der Waals surface area contributed by atoms with Gasteiger partial charge >= 0.3 is 0 Å². The van der Waals surface area contributed by atoms with E-state index in [9.17, 15) is 9.59 Å². The molecular weight excluding hydrogens is 338 g/mol. The minimum atomic E-state index is -0.110. The van der Waals surface area contributed by atoms with Crippen LogP contribution in [-0.2, 0) is 0 Å². The van der Waals surface area contributed by atoms with Crippen molar-refractivity contribution in [3.63, 3.8) is 0 Å². The Kier molecular flexibility index (Phi) is 3.95. The van der Waals surface area contributed by atoms with Crippen LogP contribution in [0.1, 0.15) is 45.6 Å². The number of nitrogens with one attached hydrogen (secondary N) is 1. The van der Waals surface area contributed by atoms with Crippen LogP contribution in [0, 0.1) is 13.8 Å². The van der Waals surface area contributed by atoms with Crippen molar-refractivity contribution in [2.45, 2.75) is 32.6 Å². The third-order valence-corrected chi connectivity index (χ3v) is 5.99. The Morgan fingerprint density at radius 2 is 2.28 bits per heavy atom. The second-order valence-corrected chi connectivity index (χ2v) is 7.69. The van der Waals surface area contributed by atoms with Gasteiger partial charge in [-0.15, -0.1) is 11.3 Å². The average Bonchev–Trinajstić information content (AvgIpc) is 3.23. The zero-order valence-corrected chi connectivity index (χ0v) is 15.0. The zero-order valence-electron chi connectivity index (χ0n) is 14.2. The van der Waals surface area contributed by atoms with E-state index in [1.807, 2.05) is 13.8 Å². The van der Waals surface area contributed by atoms with Crippen molar-refractivity contribution < 1.29 is 9.21 Å². The van der Waals surface area contributed by atoms with Gasteiger partial charge in [-0.3, -0.25) is 9.59 Å². The molecule has 0 bridgehead atoms. The number of aromatic nitrogens is 2. The second kappa shape index (κ2) is 6.15. The van der Waals surface area contributed by atoms with E-state index in [0.29, 0.717) is 30.1 Å². The highest BCUT2D eigenvalue weighted by Crippen LogP contribution is 2.29. The van der Waals surface area contributed by atoms with Crippen molar-refractivity contribution in [3.8, 4) is 0 Å². The molecule has 3 aromatic heterocycles. The molecule has 0 aromatic carbocycles. The van der Waals surface area contributed by atoms with Crippen LogP contribution in [0.3, 0.4) is 0 Å². The van der Waals surface area contributed by atoms with Gasteiger partial charge in [-0.25, -0.2) is 4.98 Å². The minimum Gasteiger partial charge on any atom is -0.459 e. The molecule has 1 saturated heterocycles. The van der Waals surface area contributed by atoms with Crippen LogP contribution in [0.2, 0.25) is 0 Å². The van der Waals surface area contributed by atoms with E-state index in [2.05, 4.69) is 4.98 Å². The maximum Gasteiger partial charge on any atom is 0.289 e. The number of aromatic amines is 1. The van der Waals surface area contributed by atoms with Crippen LogP contribution in [-0.4, -0.2) is 33.9 Å². The standard InChI is InChI=1S/C18H19N3O3S/c1-10-11(2)25-17-14(10)16(22)19-15(20-17)12-5-3-7-21(9-12)18(23)13-6-4-8-24-13/h4,6,8,12H,3,5,7,9H2,1-2H3,(H,19,20,22)/t12-/m0/s1. The summed E-state index contributed by atoms with van der Waals surface area (Å²) in [5.74, 6) is 0.950. The third kappa shape index (κ3) is 2.78. The van der Waals surface area contributed by atoms with Gasteiger partial charge in [0.1, 0.15) is 10.7 Å². The Labute approximate surface area is 148 Å². The Morgan fingerprint density at radius 1 is 1.44 bits per heavy atom. The number of carbonyl (C=O) groups is 1. The molecule has 1 aliphatic heterocycles. The van der Waals surface area contributed by atoms with Crippen molar-refractivity contribution >= 4 is 27.5 Å². The Balaban J connectivity index is 1.64. The van der Waals surface area contributed by atoms with Gasteiger partial charge in [0.2, 0.25) is 0 Å². The van der Waals surface area contributed by atoms with Crippen LogP contribution < -0.4 is 5.56 Å². The fourth-order valence-electron chi connectivity index (χ4n) is 3.41. The number of fused-ring (bicyclic) bond motifs is 1. The number of piperidine rings is 1. The number of H-pyrrole nitrogens is 1. The maximum absolute atomic E-state index is 12.5. The number of hydrogen-bond donors (Lipinski definition) is 1. The minimum absolute atomic E-state index is 0.0347. The molecule has 1 fully saturated rings. The Hall–Kier alpha value is -2.41. The van der Waals surface area contributed by atoms with Crippen molar-refractivity contribution in [1.82, 2.24) is 14.9 Å². The molecule has 0 aliphatic carbocycles. The molecule has 1 amide bonds. The summed E-state index contributed by atoms with van der Waals surface area (Å²) in [5, 5.41) is 0.686. The largest absolute Gasteiger partial charge is 0.459 e. The molecule has 7 heteroatoms.